The van der Waals surface area contributed by atoms with Gasteiger partial charge in [-0.15, -0.1) is 0 Å². The van der Waals surface area contributed by atoms with Gasteiger partial charge in [0, 0.05) is 26.2 Å². The maximum atomic E-state index is 5.85. The van der Waals surface area contributed by atoms with Crippen LogP contribution in [-0.2, 0) is 0 Å². The van der Waals surface area contributed by atoms with Crippen LogP contribution in [0.2, 0.25) is 0 Å². The normalized spacial score (nSPS) is 16.4. The quantitative estimate of drug-likeness (QED) is 0.837. The zero-order valence-electron chi connectivity index (χ0n) is 15.2. The predicted octanol–water partition coefficient (Wildman–Crippen LogP) is 3.48. The molecule has 4 heteroatoms. The number of nitrogens with zero attached hydrogens (tertiary/aromatic N) is 1. The fraction of sp³-hybridized carbons (Fsp3) is 0.429. The van der Waals surface area contributed by atoms with Crippen molar-refractivity contribution in [3.63, 3.8) is 0 Å². The third-order valence-corrected chi connectivity index (χ3v) is 4.52. The fourth-order valence-corrected chi connectivity index (χ4v) is 3.43. The van der Waals surface area contributed by atoms with E-state index >= 15 is 0 Å². The Morgan fingerprint density at radius 1 is 0.880 bits per heavy atom. The molecule has 3 rings (SSSR count). The molecule has 0 saturated carbocycles. The molecule has 0 bridgehead atoms. The Kier molecular flexibility index (Phi) is 6.31. The molecule has 1 N–H and O–H groups in total. The summed E-state index contributed by atoms with van der Waals surface area (Å²) in [6.45, 7) is 9.40. The number of rotatable bonds is 7. The molecule has 134 valence electrons. The first-order valence-corrected chi connectivity index (χ1v) is 9.22. The van der Waals surface area contributed by atoms with Crippen LogP contribution in [-0.4, -0.2) is 44.3 Å². The standard InChI is InChI=1S/C21H28N2O2/c1-3-24-19-11-10-18(16-20(19)25-4-2)21(17-8-6-5-7-9-17)23-14-12-22-13-15-23/h5-11,16,21-22H,3-4,12-15H2,1-2H3. The summed E-state index contributed by atoms with van der Waals surface area (Å²) in [7, 11) is 0. The maximum absolute atomic E-state index is 5.85. The summed E-state index contributed by atoms with van der Waals surface area (Å²) in [4.78, 5) is 2.54. The largest absolute Gasteiger partial charge is 0.490 e. The van der Waals surface area contributed by atoms with E-state index in [4.69, 9.17) is 9.47 Å². The Morgan fingerprint density at radius 2 is 1.56 bits per heavy atom. The summed E-state index contributed by atoms with van der Waals surface area (Å²) in [5.41, 5.74) is 2.57. The number of piperazine rings is 1. The molecule has 0 spiro atoms. The van der Waals surface area contributed by atoms with Crippen molar-refractivity contribution in [2.24, 2.45) is 0 Å². The van der Waals surface area contributed by atoms with E-state index in [-0.39, 0.29) is 6.04 Å². The highest BCUT2D eigenvalue weighted by atomic mass is 16.5. The molecule has 1 fully saturated rings. The van der Waals surface area contributed by atoms with Crippen LogP contribution in [0, 0.1) is 0 Å². The Morgan fingerprint density at radius 3 is 2.24 bits per heavy atom. The van der Waals surface area contributed by atoms with Crippen molar-refractivity contribution >= 4 is 0 Å². The van der Waals surface area contributed by atoms with E-state index in [0.717, 1.165) is 37.7 Å². The molecule has 2 aromatic carbocycles. The van der Waals surface area contributed by atoms with Crippen LogP contribution in [0.4, 0.5) is 0 Å². The summed E-state index contributed by atoms with van der Waals surface area (Å²) in [6, 6.07) is 17.3. The van der Waals surface area contributed by atoms with Gasteiger partial charge >= 0.3 is 0 Å². The van der Waals surface area contributed by atoms with E-state index in [2.05, 4.69) is 52.7 Å². The van der Waals surface area contributed by atoms with Gasteiger partial charge in [-0.25, -0.2) is 0 Å². The van der Waals surface area contributed by atoms with Gasteiger partial charge in [-0.2, -0.15) is 0 Å². The first kappa shape index (κ1) is 17.8. The van der Waals surface area contributed by atoms with Crippen molar-refractivity contribution in [2.45, 2.75) is 19.9 Å². The first-order valence-electron chi connectivity index (χ1n) is 9.22. The highest BCUT2D eigenvalue weighted by Crippen LogP contribution is 2.35. The lowest BCUT2D eigenvalue weighted by atomic mass is 9.96. The minimum atomic E-state index is 0.234. The molecule has 1 saturated heterocycles. The van der Waals surface area contributed by atoms with E-state index in [1.165, 1.54) is 11.1 Å². The molecule has 1 aliphatic rings. The molecular formula is C21H28N2O2. The molecule has 2 aromatic rings. The molecule has 0 aliphatic carbocycles. The summed E-state index contributed by atoms with van der Waals surface area (Å²) in [6.07, 6.45) is 0. The number of benzene rings is 2. The van der Waals surface area contributed by atoms with E-state index in [0.29, 0.717) is 13.2 Å². The van der Waals surface area contributed by atoms with Crippen LogP contribution < -0.4 is 14.8 Å². The molecule has 1 aliphatic heterocycles. The Hall–Kier alpha value is -2.04. The average molecular weight is 340 g/mol. The van der Waals surface area contributed by atoms with Crippen molar-refractivity contribution in [3.05, 3.63) is 59.7 Å². The number of hydrogen-bond acceptors (Lipinski definition) is 4. The van der Waals surface area contributed by atoms with Gasteiger partial charge in [-0.1, -0.05) is 36.4 Å². The predicted molar refractivity (Wildman–Crippen MR) is 102 cm³/mol. The smallest absolute Gasteiger partial charge is 0.161 e. The molecule has 1 unspecified atom stereocenters. The van der Waals surface area contributed by atoms with Crippen LogP contribution >= 0.6 is 0 Å². The lowest BCUT2D eigenvalue weighted by molar-refractivity contribution is 0.198. The summed E-state index contributed by atoms with van der Waals surface area (Å²) in [5.74, 6) is 1.65. The topological polar surface area (TPSA) is 33.7 Å². The second-order valence-corrected chi connectivity index (χ2v) is 6.17. The third kappa shape index (κ3) is 4.33. The summed E-state index contributed by atoms with van der Waals surface area (Å²) < 4.78 is 11.6. The van der Waals surface area contributed by atoms with Crippen LogP contribution in [0.5, 0.6) is 11.5 Å². The minimum absolute atomic E-state index is 0.234. The average Bonchev–Trinajstić information content (AvgIpc) is 2.66. The monoisotopic (exact) mass is 340 g/mol. The van der Waals surface area contributed by atoms with Gasteiger partial charge in [0.2, 0.25) is 0 Å². The molecule has 0 aromatic heterocycles. The van der Waals surface area contributed by atoms with Gasteiger partial charge in [-0.3, -0.25) is 4.90 Å². The fourth-order valence-electron chi connectivity index (χ4n) is 3.43. The Labute approximate surface area is 150 Å². The van der Waals surface area contributed by atoms with Crippen molar-refractivity contribution in [1.29, 1.82) is 0 Å². The Balaban J connectivity index is 1.98. The SMILES string of the molecule is CCOc1ccc(C(c2ccccc2)N2CCNCC2)cc1OCC. The zero-order chi connectivity index (χ0) is 17.5. The maximum Gasteiger partial charge on any atom is 0.161 e. The molecule has 25 heavy (non-hydrogen) atoms. The van der Waals surface area contributed by atoms with Gasteiger partial charge in [-0.05, 0) is 37.1 Å². The van der Waals surface area contributed by atoms with Crippen LogP contribution in [0.3, 0.4) is 0 Å². The lowest BCUT2D eigenvalue weighted by Crippen LogP contribution is -2.45. The highest BCUT2D eigenvalue weighted by Gasteiger charge is 2.24. The van der Waals surface area contributed by atoms with Crippen molar-refractivity contribution in [3.8, 4) is 11.5 Å². The molecule has 1 heterocycles. The molecule has 0 amide bonds. The molecule has 4 nitrogen and oxygen atoms in total. The lowest BCUT2D eigenvalue weighted by Gasteiger charge is -2.35. The van der Waals surface area contributed by atoms with Gasteiger partial charge in [0.05, 0.1) is 19.3 Å². The van der Waals surface area contributed by atoms with Crippen molar-refractivity contribution < 1.29 is 9.47 Å². The van der Waals surface area contributed by atoms with Gasteiger partial charge in [0.25, 0.3) is 0 Å². The van der Waals surface area contributed by atoms with Gasteiger partial charge in [0.1, 0.15) is 0 Å². The van der Waals surface area contributed by atoms with Crippen molar-refractivity contribution in [2.75, 3.05) is 39.4 Å². The second-order valence-electron chi connectivity index (χ2n) is 6.17. The molecular weight excluding hydrogens is 312 g/mol. The van der Waals surface area contributed by atoms with Crippen molar-refractivity contribution in [1.82, 2.24) is 10.2 Å². The van der Waals surface area contributed by atoms with E-state index in [1.54, 1.807) is 0 Å². The summed E-state index contributed by atoms with van der Waals surface area (Å²) in [5, 5.41) is 3.44. The second kappa shape index (κ2) is 8.88. The van der Waals surface area contributed by atoms with E-state index in [1.807, 2.05) is 19.9 Å². The van der Waals surface area contributed by atoms with Crippen LogP contribution in [0.1, 0.15) is 31.0 Å². The summed E-state index contributed by atoms with van der Waals surface area (Å²) >= 11 is 0. The van der Waals surface area contributed by atoms with Crippen LogP contribution in [0.25, 0.3) is 0 Å². The van der Waals surface area contributed by atoms with Crippen LogP contribution in [0.15, 0.2) is 48.5 Å². The highest BCUT2D eigenvalue weighted by molar-refractivity contribution is 5.46. The zero-order valence-corrected chi connectivity index (χ0v) is 15.2. The number of ether oxygens (including phenoxy) is 2. The van der Waals surface area contributed by atoms with E-state index < -0.39 is 0 Å². The first-order chi connectivity index (χ1) is 12.3. The molecule has 0 radical (unpaired) electrons. The van der Waals surface area contributed by atoms with Gasteiger partial charge < -0.3 is 14.8 Å². The number of nitrogens with one attached hydrogen (secondary N) is 1. The minimum Gasteiger partial charge on any atom is -0.490 e. The Bertz CT molecular complexity index is 654. The number of hydrogen-bond donors (Lipinski definition) is 1. The molecule has 1 atom stereocenters. The van der Waals surface area contributed by atoms with E-state index in [9.17, 15) is 0 Å². The van der Waals surface area contributed by atoms with Gasteiger partial charge in [0.15, 0.2) is 11.5 Å². The third-order valence-electron chi connectivity index (χ3n) is 4.52.